The van der Waals surface area contributed by atoms with Gasteiger partial charge in [0.2, 0.25) is 0 Å². The first kappa shape index (κ1) is 12.7. The van der Waals surface area contributed by atoms with Crippen LogP contribution in [-0.4, -0.2) is 13.2 Å². The fourth-order valence-electron chi connectivity index (χ4n) is 2.29. The smallest absolute Gasteiger partial charge is 0.0876 e. The van der Waals surface area contributed by atoms with E-state index in [0.29, 0.717) is 6.04 Å². The highest BCUT2D eigenvalue weighted by Crippen LogP contribution is 2.33. The number of ether oxygens (including phenoxy) is 1. The van der Waals surface area contributed by atoms with Crippen LogP contribution in [0.1, 0.15) is 43.2 Å². The third kappa shape index (κ3) is 2.90. The summed E-state index contributed by atoms with van der Waals surface area (Å²) < 4.78 is 5.48. The highest BCUT2D eigenvalue weighted by molar-refractivity contribution is 7.10. The molecule has 2 rings (SSSR count). The Balaban J connectivity index is 2.24. The third-order valence-electron chi connectivity index (χ3n) is 3.17. The summed E-state index contributed by atoms with van der Waals surface area (Å²) in [5, 5.41) is 5.79. The molecule has 1 aromatic rings. The highest BCUT2D eigenvalue weighted by Gasteiger charge is 2.21. The van der Waals surface area contributed by atoms with Gasteiger partial charge in [0.15, 0.2) is 0 Å². The van der Waals surface area contributed by atoms with Gasteiger partial charge in [-0.05, 0) is 48.4 Å². The number of aryl methyl sites for hydroxylation is 1. The molecular weight excluding hydrogens is 230 g/mol. The maximum atomic E-state index is 5.48. The summed E-state index contributed by atoms with van der Waals surface area (Å²) in [6.45, 7) is 6.24. The van der Waals surface area contributed by atoms with E-state index in [9.17, 15) is 0 Å². The van der Waals surface area contributed by atoms with E-state index in [1.807, 2.05) is 17.6 Å². The van der Waals surface area contributed by atoms with Crippen LogP contribution in [0.15, 0.2) is 23.3 Å². The molecule has 2 nitrogen and oxygen atoms in total. The van der Waals surface area contributed by atoms with Crippen LogP contribution in [0.25, 0.3) is 0 Å². The first-order valence-corrected chi connectivity index (χ1v) is 7.35. The van der Waals surface area contributed by atoms with Crippen molar-refractivity contribution in [2.45, 2.75) is 39.2 Å². The molecule has 1 unspecified atom stereocenters. The predicted molar refractivity (Wildman–Crippen MR) is 73.4 cm³/mol. The Kier molecular flexibility index (Phi) is 4.63. The van der Waals surface area contributed by atoms with Crippen LogP contribution >= 0.6 is 11.3 Å². The van der Waals surface area contributed by atoms with Crippen molar-refractivity contribution in [3.8, 4) is 0 Å². The molecule has 1 aliphatic heterocycles. The first-order chi connectivity index (χ1) is 8.36. The lowest BCUT2D eigenvalue weighted by molar-refractivity contribution is 0.219. The monoisotopic (exact) mass is 251 g/mol. The Morgan fingerprint density at radius 2 is 2.35 bits per heavy atom. The molecule has 3 heteroatoms. The number of nitrogens with one attached hydrogen (secondary N) is 1. The van der Waals surface area contributed by atoms with E-state index in [4.69, 9.17) is 4.74 Å². The van der Waals surface area contributed by atoms with Gasteiger partial charge in [0.05, 0.1) is 18.9 Å². The Hall–Kier alpha value is -0.800. The molecule has 0 radical (unpaired) electrons. The molecule has 0 spiro atoms. The first-order valence-electron chi connectivity index (χ1n) is 6.47. The van der Waals surface area contributed by atoms with Crippen molar-refractivity contribution in [1.29, 1.82) is 0 Å². The van der Waals surface area contributed by atoms with Crippen LogP contribution in [0, 0.1) is 0 Å². The predicted octanol–water partition coefficient (Wildman–Crippen LogP) is 3.66. The summed E-state index contributed by atoms with van der Waals surface area (Å²) in [5.74, 6) is 0. The summed E-state index contributed by atoms with van der Waals surface area (Å²) in [7, 11) is 0. The van der Waals surface area contributed by atoms with Gasteiger partial charge in [0.1, 0.15) is 0 Å². The average Bonchev–Trinajstić information content (AvgIpc) is 2.85. The lowest BCUT2D eigenvalue weighted by Crippen LogP contribution is -2.24. The molecule has 17 heavy (non-hydrogen) atoms. The number of likely N-dealkylation sites (N-methyl/N-ethyl adjacent to an activating group) is 1. The van der Waals surface area contributed by atoms with Gasteiger partial charge >= 0.3 is 0 Å². The van der Waals surface area contributed by atoms with Crippen LogP contribution in [0.2, 0.25) is 0 Å². The average molecular weight is 251 g/mol. The summed E-state index contributed by atoms with van der Waals surface area (Å²) in [4.78, 5) is 1.46. The molecule has 0 aromatic carbocycles. The number of hydrogen-bond donors (Lipinski definition) is 1. The van der Waals surface area contributed by atoms with Gasteiger partial charge in [-0.2, -0.15) is 0 Å². The Bertz CT molecular complexity index is 383. The zero-order chi connectivity index (χ0) is 12.1. The van der Waals surface area contributed by atoms with E-state index in [1.54, 1.807) is 0 Å². The van der Waals surface area contributed by atoms with Crippen molar-refractivity contribution in [1.82, 2.24) is 5.32 Å². The maximum absolute atomic E-state index is 5.48. The molecule has 0 saturated heterocycles. The van der Waals surface area contributed by atoms with E-state index in [1.165, 1.54) is 16.0 Å². The van der Waals surface area contributed by atoms with Gasteiger partial charge in [0.25, 0.3) is 0 Å². The molecule has 0 amide bonds. The molecule has 0 fully saturated rings. The standard InChI is InChI=1S/C14H21NOS/c1-3-11-7-9-17-14(11)13(15-4-2)12-6-5-8-16-10-12/h7,9-10,13,15H,3-6,8H2,1-2H3. The van der Waals surface area contributed by atoms with E-state index in [2.05, 4.69) is 30.6 Å². The second-order valence-corrected chi connectivity index (χ2v) is 5.27. The molecule has 1 atom stereocenters. The van der Waals surface area contributed by atoms with Gasteiger partial charge < -0.3 is 10.1 Å². The summed E-state index contributed by atoms with van der Waals surface area (Å²) in [5.41, 5.74) is 2.86. The molecule has 0 bridgehead atoms. The molecule has 1 aromatic heterocycles. The van der Waals surface area contributed by atoms with Crippen molar-refractivity contribution in [2.75, 3.05) is 13.2 Å². The van der Waals surface area contributed by atoms with E-state index in [-0.39, 0.29) is 0 Å². The fourth-order valence-corrected chi connectivity index (χ4v) is 3.40. The van der Waals surface area contributed by atoms with E-state index >= 15 is 0 Å². The second kappa shape index (κ2) is 6.22. The van der Waals surface area contributed by atoms with Crippen LogP contribution in [0.3, 0.4) is 0 Å². The highest BCUT2D eigenvalue weighted by atomic mass is 32.1. The number of thiophene rings is 1. The SMILES string of the molecule is CCNC(C1=COCCC1)c1sccc1CC. The molecule has 94 valence electrons. The lowest BCUT2D eigenvalue weighted by Gasteiger charge is -2.24. The van der Waals surface area contributed by atoms with E-state index < -0.39 is 0 Å². The van der Waals surface area contributed by atoms with Crippen LogP contribution in [0.4, 0.5) is 0 Å². The summed E-state index contributed by atoms with van der Waals surface area (Å²) >= 11 is 1.86. The molecule has 0 aliphatic carbocycles. The Labute approximate surface area is 108 Å². The number of rotatable bonds is 5. The molecule has 1 N–H and O–H groups in total. The van der Waals surface area contributed by atoms with E-state index in [0.717, 1.165) is 32.4 Å². The quantitative estimate of drug-likeness (QED) is 0.862. The molecule has 2 heterocycles. The van der Waals surface area contributed by atoms with Gasteiger partial charge in [-0.1, -0.05) is 13.8 Å². The van der Waals surface area contributed by atoms with Gasteiger partial charge in [-0.3, -0.25) is 0 Å². The normalized spacial score (nSPS) is 17.4. The minimum absolute atomic E-state index is 0.357. The zero-order valence-corrected chi connectivity index (χ0v) is 11.5. The van der Waals surface area contributed by atoms with Gasteiger partial charge in [-0.15, -0.1) is 11.3 Å². The van der Waals surface area contributed by atoms with Crippen molar-refractivity contribution in [2.24, 2.45) is 0 Å². The molecule has 0 saturated carbocycles. The van der Waals surface area contributed by atoms with Crippen molar-refractivity contribution in [3.05, 3.63) is 33.7 Å². The van der Waals surface area contributed by atoms with Gasteiger partial charge in [-0.25, -0.2) is 0 Å². The third-order valence-corrected chi connectivity index (χ3v) is 4.19. The molecule has 1 aliphatic rings. The van der Waals surface area contributed by atoms with Crippen LogP contribution < -0.4 is 5.32 Å². The molecular formula is C14H21NOS. The minimum Gasteiger partial charge on any atom is -0.501 e. The zero-order valence-electron chi connectivity index (χ0n) is 10.7. The Morgan fingerprint density at radius 3 is 3.00 bits per heavy atom. The second-order valence-electron chi connectivity index (χ2n) is 4.32. The number of hydrogen-bond acceptors (Lipinski definition) is 3. The largest absolute Gasteiger partial charge is 0.501 e. The Morgan fingerprint density at radius 1 is 1.47 bits per heavy atom. The lowest BCUT2D eigenvalue weighted by atomic mass is 9.98. The topological polar surface area (TPSA) is 21.3 Å². The van der Waals surface area contributed by atoms with Crippen molar-refractivity contribution < 1.29 is 4.74 Å². The van der Waals surface area contributed by atoms with Crippen LogP contribution in [0.5, 0.6) is 0 Å². The van der Waals surface area contributed by atoms with Gasteiger partial charge in [0, 0.05) is 4.88 Å². The van der Waals surface area contributed by atoms with Crippen molar-refractivity contribution in [3.63, 3.8) is 0 Å². The minimum atomic E-state index is 0.357. The summed E-state index contributed by atoms with van der Waals surface area (Å²) in [6, 6.07) is 2.60. The summed E-state index contributed by atoms with van der Waals surface area (Å²) in [6.07, 6.45) is 5.37. The maximum Gasteiger partial charge on any atom is 0.0876 e. The van der Waals surface area contributed by atoms with Crippen LogP contribution in [-0.2, 0) is 11.2 Å². The van der Waals surface area contributed by atoms with Crippen molar-refractivity contribution >= 4 is 11.3 Å². The fraction of sp³-hybridized carbons (Fsp3) is 0.571.